The van der Waals surface area contributed by atoms with E-state index in [1.54, 1.807) is 0 Å². The minimum atomic E-state index is 0.351. The molecule has 0 bridgehead atoms. The Bertz CT molecular complexity index is 101. The van der Waals surface area contributed by atoms with Gasteiger partial charge in [0.1, 0.15) is 5.78 Å². The molecule has 0 radical (unpaired) electrons. The van der Waals surface area contributed by atoms with E-state index in [4.69, 9.17) is 0 Å². The van der Waals surface area contributed by atoms with Gasteiger partial charge in [-0.05, 0) is 12.5 Å². The van der Waals surface area contributed by atoms with Crippen molar-refractivity contribution in [3.05, 3.63) is 0 Å². The maximum Gasteiger partial charge on any atom is 0.146 e. The van der Waals surface area contributed by atoms with E-state index in [1.807, 2.05) is 0 Å². The SMILES string of the molecule is C[C@H]1CNCC(=O)C1. The van der Waals surface area contributed by atoms with Gasteiger partial charge < -0.3 is 5.32 Å². The van der Waals surface area contributed by atoms with E-state index in [9.17, 15) is 4.79 Å². The number of hydrogen-bond acceptors (Lipinski definition) is 2. The average Bonchev–Trinajstić information content (AvgIpc) is 1.64. The van der Waals surface area contributed by atoms with Crippen LogP contribution >= 0.6 is 0 Å². The fraction of sp³-hybridized carbons (Fsp3) is 0.833. The van der Waals surface area contributed by atoms with Gasteiger partial charge in [0.2, 0.25) is 0 Å². The first kappa shape index (κ1) is 5.76. The molecule has 1 fully saturated rings. The van der Waals surface area contributed by atoms with Crippen molar-refractivity contribution in [3.63, 3.8) is 0 Å². The number of ketones is 1. The summed E-state index contributed by atoms with van der Waals surface area (Å²) in [5.41, 5.74) is 0. The zero-order valence-electron chi connectivity index (χ0n) is 5.11. The second-order valence-electron chi connectivity index (χ2n) is 2.48. The topological polar surface area (TPSA) is 29.1 Å². The van der Waals surface area contributed by atoms with Gasteiger partial charge in [-0.2, -0.15) is 0 Å². The third-order valence-electron chi connectivity index (χ3n) is 1.39. The average molecular weight is 113 g/mol. The number of carbonyl (C=O) groups is 1. The molecule has 0 amide bonds. The van der Waals surface area contributed by atoms with E-state index in [0.717, 1.165) is 13.0 Å². The predicted molar refractivity (Wildman–Crippen MR) is 31.7 cm³/mol. The summed E-state index contributed by atoms with van der Waals surface area (Å²) >= 11 is 0. The lowest BCUT2D eigenvalue weighted by Crippen LogP contribution is -2.34. The molecule has 2 heteroatoms. The molecule has 0 spiro atoms. The van der Waals surface area contributed by atoms with Crippen LogP contribution in [0.25, 0.3) is 0 Å². The second-order valence-corrected chi connectivity index (χ2v) is 2.48. The minimum absolute atomic E-state index is 0.351. The number of carbonyl (C=O) groups excluding carboxylic acids is 1. The summed E-state index contributed by atoms with van der Waals surface area (Å²) in [6, 6.07) is 0. The zero-order valence-corrected chi connectivity index (χ0v) is 5.11. The lowest BCUT2D eigenvalue weighted by Gasteiger charge is -2.16. The molecular weight excluding hydrogens is 102 g/mol. The molecule has 1 N–H and O–H groups in total. The summed E-state index contributed by atoms with van der Waals surface area (Å²) < 4.78 is 0. The quantitative estimate of drug-likeness (QED) is 0.485. The first-order valence-electron chi connectivity index (χ1n) is 3.01. The lowest BCUT2D eigenvalue weighted by molar-refractivity contribution is -0.120. The van der Waals surface area contributed by atoms with Gasteiger partial charge in [-0.15, -0.1) is 0 Å². The Morgan fingerprint density at radius 2 is 2.50 bits per heavy atom. The molecule has 1 aliphatic heterocycles. The van der Waals surface area contributed by atoms with Crippen molar-refractivity contribution in [3.8, 4) is 0 Å². The van der Waals surface area contributed by atoms with Crippen LogP contribution in [0.4, 0.5) is 0 Å². The number of hydrogen-bond donors (Lipinski definition) is 1. The smallest absolute Gasteiger partial charge is 0.146 e. The monoisotopic (exact) mass is 113 g/mol. The van der Waals surface area contributed by atoms with Crippen LogP contribution in [0.1, 0.15) is 13.3 Å². The van der Waals surface area contributed by atoms with Crippen molar-refractivity contribution >= 4 is 5.78 Å². The van der Waals surface area contributed by atoms with Crippen molar-refractivity contribution in [2.45, 2.75) is 13.3 Å². The Kier molecular flexibility index (Phi) is 1.63. The van der Waals surface area contributed by atoms with Crippen molar-refractivity contribution in [2.75, 3.05) is 13.1 Å². The molecule has 1 rings (SSSR count). The second kappa shape index (κ2) is 2.27. The Labute approximate surface area is 49.3 Å². The molecule has 1 atom stereocenters. The molecule has 1 heterocycles. The van der Waals surface area contributed by atoms with Gasteiger partial charge in [-0.25, -0.2) is 0 Å². The van der Waals surface area contributed by atoms with E-state index in [0.29, 0.717) is 18.2 Å². The summed E-state index contributed by atoms with van der Waals surface area (Å²) in [6.45, 7) is 3.68. The van der Waals surface area contributed by atoms with Gasteiger partial charge in [-0.3, -0.25) is 4.79 Å². The van der Waals surface area contributed by atoms with Crippen molar-refractivity contribution < 1.29 is 4.79 Å². The Hall–Kier alpha value is -0.370. The van der Waals surface area contributed by atoms with E-state index >= 15 is 0 Å². The highest BCUT2D eigenvalue weighted by atomic mass is 16.1. The normalized spacial score (nSPS) is 30.6. The Morgan fingerprint density at radius 3 is 2.88 bits per heavy atom. The maximum absolute atomic E-state index is 10.6. The lowest BCUT2D eigenvalue weighted by atomic mass is 10.0. The Morgan fingerprint density at radius 1 is 1.75 bits per heavy atom. The molecule has 0 saturated carbocycles. The first-order valence-corrected chi connectivity index (χ1v) is 3.01. The first-order chi connectivity index (χ1) is 3.79. The summed E-state index contributed by atoms with van der Waals surface area (Å²) in [5, 5.41) is 3.03. The van der Waals surface area contributed by atoms with E-state index < -0.39 is 0 Å². The number of Topliss-reactive ketones (excluding diaryl/α,β-unsaturated/α-hetero) is 1. The van der Waals surface area contributed by atoms with Crippen LogP contribution in [0.5, 0.6) is 0 Å². The number of piperidine rings is 1. The van der Waals surface area contributed by atoms with Crippen molar-refractivity contribution in [1.29, 1.82) is 0 Å². The van der Waals surface area contributed by atoms with Crippen LogP contribution < -0.4 is 5.32 Å². The maximum atomic E-state index is 10.6. The van der Waals surface area contributed by atoms with Crippen LogP contribution in [0.15, 0.2) is 0 Å². The van der Waals surface area contributed by atoms with Gasteiger partial charge in [0.25, 0.3) is 0 Å². The summed E-state index contributed by atoms with van der Waals surface area (Å²) in [4.78, 5) is 10.6. The van der Waals surface area contributed by atoms with Crippen LogP contribution in [0.3, 0.4) is 0 Å². The van der Waals surface area contributed by atoms with Crippen LogP contribution in [0, 0.1) is 5.92 Å². The van der Waals surface area contributed by atoms with E-state index in [2.05, 4.69) is 12.2 Å². The molecule has 0 aromatic heterocycles. The molecule has 0 aromatic rings. The molecule has 0 unspecified atom stereocenters. The number of rotatable bonds is 0. The largest absolute Gasteiger partial charge is 0.310 e. The predicted octanol–water partition coefficient (Wildman–Crippen LogP) is 0.185. The molecule has 2 nitrogen and oxygen atoms in total. The van der Waals surface area contributed by atoms with Gasteiger partial charge >= 0.3 is 0 Å². The molecular formula is C6H11NO. The van der Waals surface area contributed by atoms with Gasteiger partial charge in [0.15, 0.2) is 0 Å². The van der Waals surface area contributed by atoms with Crippen molar-refractivity contribution in [1.82, 2.24) is 5.32 Å². The van der Waals surface area contributed by atoms with Crippen LogP contribution in [-0.2, 0) is 4.79 Å². The highest BCUT2D eigenvalue weighted by molar-refractivity contribution is 5.81. The third kappa shape index (κ3) is 1.30. The summed E-state index contributed by atoms with van der Waals surface area (Å²) in [5.74, 6) is 0.903. The fourth-order valence-electron chi connectivity index (χ4n) is 0.991. The van der Waals surface area contributed by atoms with Gasteiger partial charge in [-0.1, -0.05) is 6.92 Å². The Balaban J connectivity index is 2.34. The van der Waals surface area contributed by atoms with Gasteiger partial charge in [0, 0.05) is 6.42 Å². The molecule has 0 aliphatic carbocycles. The zero-order chi connectivity index (χ0) is 5.98. The van der Waals surface area contributed by atoms with E-state index in [1.165, 1.54) is 0 Å². The van der Waals surface area contributed by atoms with Crippen LogP contribution in [0.2, 0.25) is 0 Å². The fourth-order valence-corrected chi connectivity index (χ4v) is 0.991. The summed E-state index contributed by atoms with van der Waals surface area (Å²) in [7, 11) is 0. The third-order valence-corrected chi connectivity index (χ3v) is 1.39. The minimum Gasteiger partial charge on any atom is -0.310 e. The van der Waals surface area contributed by atoms with Crippen LogP contribution in [-0.4, -0.2) is 18.9 Å². The molecule has 0 aromatic carbocycles. The molecule has 1 aliphatic rings. The van der Waals surface area contributed by atoms with Gasteiger partial charge in [0.05, 0.1) is 6.54 Å². The molecule has 8 heavy (non-hydrogen) atoms. The standard InChI is InChI=1S/C6H11NO/c1-5-2-6(8)4-7-3-5/h5,7H,2-4H2,1H3/t5-/m1/s1. The highest BCUT2D eigenvalue weighted by Gasteiger charge is 2.13. The highest BCUT2D eigenvalue weighted by Crippen LogP contribution is 2.03. The molecule has 1 saturated heterocycles. The number of nitrogens with one attached hydrogen (secondary N) is 1. The summed E-state index contributed by atoms with van der Waals surface area (Å²) in [6.07, 6.45) is 0.771. The van der Waals surface area contributed by atoms with Crippen molar-refractivity contribution in [2.24, 2.45) is 5.92 Å². The van der Waals surface area contributed by atoms with E-state index in [-0.39, 0.29) is 0 Å². The molecule has 46 valence electrons.